The number of nitrogens with one attached hydrogen (secondary N) is 2. The molecule has 3 rings (SSSR count). The van der Waals surface area contributed by atoms with Gasteiger partial charge in [-0.3, -0.25) is 14.5 Å². The third-order valence-corrected chi connectivity index (χ3v) is 6.21. The van der Waals surface area contributed by atoms with Gasteiger partial charge in [0, 0.05) is 11.1 Å². The summed E-state index contributed by atoms with van der Waals surface area (Å²) in [5.41, 5.74) is 4.75. The number of carbonyl (C=O) groups excluding carboxylic acids is 1. The van der Waals surface area contributed by atoms with E-state index in [1.807, 2.05) is 38.1 Å². The van der Waals surface area contributed by atoms with E-state index in [2.05, 4.69) is 15.0 Å². The second kappa shape index (κ2) is 8.21. The van der Waals surface area contributed by atoms with E-state index in [9.17, 15) is 13.2 Å². The molecule has 0 aliphatic heterocycles. The van der Waals surface area contributed by atoms with Crippen LogP contribution in [0.4, 0.5) is 11.4 Å². The number of carbonyl (C=O) groups is 1. The first-order valence-electron chi connectivity index (χ1n) is 9.49. The summed E-state index contributed by atoms with van der Waals surface area (Å²) in [6.45, 7) is 7.39. The summed E-state index contributed by atoms with van der Waals surface area (Å²) in [4.78, 5) is 17.5. The van der Waals surface area contributed by atoms with E-state index in [0.29, 0.717) is 34.6 Å². The molecule has 0 radical (unpaired) electrons. The van der Waals surface area contributed by atoms with Gasteiger partial charge in [0.25, 0.3) is 5.91 Å². The highest BCUT2D eigenvalue weighted by Crippen LogP contribution is 2.26. The van der Waals surface area contributed by atoms with E-state index in [4.69, 9.17) is 0 Å². The lowest BCUT2D eigenvalue weighted by molar-refractivity contribution is 0.102. The van der Waals surface area contributed by atoms with Gasteiger partial charge in [-0.25, -0.2) is 8.42 Å². The van der Waals surface area contributed by atoms with Crippen LogP contribution in [0.2, 0.25) is 0 Å². The zero-order valence-electron chi connectivity index (χ0n) is 17.0. The van der Waals surface area contributed by atoms with Gasteiger partial charge in [-0.1, -0.05) is 25.1 Å². The summed E-state index contributed by atoms with van der Waals surface area (Å²) in [7, 11) is -3.41. The number of hydrogen-bond donors (Lipinski definition) is 2. The molecule has 6 nitrogen and oxygen atoms in total. The number of nitrogens with zero attached hydrogens (tertiary/aromatic N) is 1. The molecule has 152 valence electrons. The van der Waals surface area contributed by atoms with E-state index in [0.717, 1.165) is 16.5 Å². The van der Waals surface area contributed by atoms with Crippen molar-refractivity contribution in [3.05, 3.63) is 64.8 Å². The molecule has 2 aromatic carbocycles. The quantitative estimate of drug-likeness (QED) is 0.622. The highest BCUT2D eigenvalue weighted by molar-refractivity contribution is 7.92. The van der Waals surface area contributed by atoms with E-state index in [1.54, 1.807) is 32.0 Å². The topological polar surface area (TPSA) is 88.2 Å². The van der Waals surface area contributed by atoms with Gasteiger partial charge in [-0.05, 0) is 62.6 Å². The lowest BCUT2D eigenvalue weighted by Crippen LogP contribution is -2.18. The number of pyridine rings is 1. The molecule has 0 atom stereocenters. The summed E-state index contributed by atoms with van der Waals surface area (Å²) < 4.78 is 26.8. The average Bonchev–Trinajstić information content (AvgIpc) is 2.64. The number of amides is 1. The third kappa shape index (κ3) is 4.74. The number of fused-ring (bicyclic) bond motifs is 1. The molecule has 29 heavy (non-hydrogen) atoms. The summed E-state index contributed by atoms with van der Waals surface area (Å²) in [6.07, 6.45) is 0.526. The molecule has 0 aliphatic rings. The Morgan fingerprint density at radius 1 is 1.03 bits per heavy atom. The van der Waals surface area contributed by atoms with Crippen molar-refractivity contribution in [3.63, 3.8) is 0 Å². The number of rotatable bonds is 6. The van der Waals surface area contributed by atoms with Crippen molar-refractivity contribution in [1.82, 2.24) is 4.98 Å². The van der Waals surface area contributed by atoms with Crippen molar-refractivity contribution in [1.29, 1.82) is 0 Å². The van der Waals surface area contributed by atoms with Crippen molar-refractivity contribution < 1.29 is 13.2 Å². The Labute approximate surface area is 171 Å². The van der Waals surface area contributed by atoms with Crippen molar-refractivity contribution in [2.24, 2.45) is 0 Å². The van der Waals surface area contributed by atoms with E-state index in [-0.39, 0.29) is 11.7 Å². The molecule has 0 bridgehead atoms. The first-order valence-corrected chi connectivity index (χ1v) is 11.1. The van der Waals surface area contributed by atoms with Crippen LogP contribution in [-0.4, -0.2) is 25.1 Å². The van der Waals surface area contributed by atoms with Crippen LogP contribution < -0.4 is 10.0 Å². The minimum Gasteiger partial charge on any atom is -0.322 e. The summed E-state index contributed by atoms with van der Waals surface area (Å²) >= 11 is 0. The fourth-order valence-electron chi connectivity index (χ4n) is 3.16. The van der Waals surface area contributed by atoms with Gasteiger partial charge in [0.15, 0.2) is 0 Å². The second-order valence-corrected chi connectivity index (χ2v) is 9.01. The van der Waals surface area contributed by atoms with Crippen LogP contribution in [0, 0.1) is 20.8 Å². The molecule has 0 aliphatic carbocycles. The molecule has 1 amide bonds. The fraction of sp³-hybridized carbons (Fsp3) is 0.273. The fourth-order valence-corrected chi connectivity index (χ4v) is 4.36. The predicted molar refractivity (Wildman–Crippen MR) is 118 cm³/mol. The first kappa shape index (κ1) is 20.8. The Bertz CT molecular complexity index is 1190. The number of aryl methyl sites for hydroxylation is 2. The molecule has 0 saturated heterocycles. The van der Waals surface area contributed by atoms with Crippen LogP contribution in [0.3, 0.4) is 0 Å². The molecule has 7 heteroatoms. The molecule has 2 N–H and O–H groups in total. The molecular formula is C22H25N3O3S. The smallest absolute Gasteiger partial charge is 0.257 e. The number of anilines is 2. The summed E-state index contributed by atoms with van der Waals surface area (Å²) in [6, 6.07) is 12.9. The number of sulfonamides is 1. The van der Waals surface area contributed by atoms with Crippen LogP contribution in [-0.2, 0) is 10.0 Å². The average molecular weight is 412 g/mol. The van der Waals surface area contributed by atoms with E-state index in [1.165, 1.54) is 0 Å². The van der Waals surface area contributed by atoms with Crippen LogP contribution in [0.1, 0.15) is 40.5 Å². The lowest BCUT2D eigenvalue weighted by atomic mass is 10.1. The Morgan fingerprint density at radius 2 is 1.76 bits per heavy atom. The Hall–Kier alpha value is -2.93. The number of aromatic nitrogens is 1. The second-order valence-electron chi connectivity index (χ2n) is 7.17. The maximum Gasteiger partial charge on any atom is 0.257 e. The van der Waals surface area contributed by atoms with Crippen LogP contribution >= 0.6 is 0 Å². The van der Waals surface area contributed by atoms with Gasteiger partial charge < -0.3 is 5.32 Å². The predicted octanol–water partition coefficient (Wildman–Crippen LogP) is 4.56. The van der Waals surface area contributed by atoms with E-state index < -0.39 is 10.0 Å². The molecule has 1 aromatic heterocycles. The van der Waals surface area contributed by atoms with Gasteiger partial charge in [0.05, 0.1) is 28.2 Å². The van der Waals surface area contributed by atoms with Gasteiger partial charge >= 0.3 is 0 Å². The van der Waals surface area contributed by atoms with Crippen molar-refractivity contribution in [2.75, 3.05) is 15.8 Å². The third-order valence-electron chi connectivity index (χ3n) is 4.73. The molecule has 0 fully saturated rings. The van der Waals surface area contributed by atoms with Gasteiger partial charge in [-0.2, -0.15) is 0 Å². The zero-order valence-corrected chi connectivity index (χ0v) is 17.9. The maximum atomic E-state index is 12.9. The van der Waals surface area contributed by atoms with Gasteiger partial charge in [0.2, 0.25) is 10.0 Å². The summed E-state index contributed by atoms with van der Waals surface area (Å²) in [5.74, 6) is -0.237. The lowest BCUT2D eigenvalue weighted by Gasteiger charge is -2.15. The molecule has 0 spiro atoms. The number of hydrogen-bond acceptors (Lipinski definition) is 4. The number of benzene rings is 2. The van der Waals surface area contributed by atoms with Crippen LogP contribution in [0.5, 0.6) is 0 Å². The normalized spacial score (nSPS) is 11.4. The van der Waals surface area contributed by atoms with Crippen LogP contribution in [0.25, 0.3) is 10.9 Å². The van der Waals surface area contributed by atoms with Crippen molar-refractivity contribution in [2.45, 2.75) is 34.1 Å². The molecule has 1 heterocycles. The largest absolute Gasteiger partial charge is 0.322 e. The molecular weight excluding hydrogens is 386 g/mol. The minimum atomic E-state index is -3.41. The van der Waals surface area contributed by atoms with Gasteiger partial charge in [-0.15, -0.1) is 0 Å². The first-order chi connectivity index (χ1) is 13.7. The molecule has 3 aromatic rings. The monoisotopic (exact) mass is 411 g/mol. The summed E-state index contributed by atoms with van der Waals surface area (Å²) in [5, 5.41) is 3.78. The highest BCUT2D eigenvalue weighted by atomic mass is 32.2. The maximum absolute atomic E-state index is 12.9. The van der Waals surface area contributed by atoms with Gasteiger partial charge in [0.1, 0.15) is 0 Å². The highest BCUT2D eigenvalue weighted by Gasteiger charge is 2.16. The Morgan fingerprint density at radius 3 is 2.48 bits per heavy atom. The standard InChI is InChI=1S/C22H25N3O3S/c1-5-11-29(27,28)25-20-8-6-7-19(15(20)3)24-22(26)18-13-17-10-9-14(2)12-21(17)23-16(18)4/h6-10,12-13,25H,5,11H2,1-4H3,(H,24,26). The molecule has 0 saturated carbocycles. The van der Waals surface area contributed by atoms with Crippen molar-refractivity contribution in [3.8, 4) is 0 Å². The Kier molecular flexibility index (Phi) is 5.88. The zero-order chi connectivity index (χ0) is 21.2. The SMILES string of the molecule is CCCS(=O)(=O)Nc1cccc(NC(=O)c2cc3ccc(C)cc3nc2C)c1C. The van der Waals surface area contributed by atoms with Crippen LogP contribution in [0.15, 0.2) is 42.5 Å². The molecule has 0 unspecified atom stereocenters. The van der Waals surface area contributed by atoms with Crippen molar-refractivity contribution >= 4 is 38.2 Å². The minimum absolute atomic E-state index is 0.0461. The van der Waals surface area contributed by atoms with E-state index >= 15 is 0 Å². The Balaban J connectivity index is 1.89.